The number of hydrogen-bond donors (Lipinski definition) is 3. The molecule has 18 heavy (non-hydrogen) atoms. The Bertz CT molecular complexity index is 521. The Labute approximate surface area is 105 Å². The molecule has 0 bridgehead atoms. The molecule has 94 valence electrons. The van der Waals surface area contributed by atoms with Crippen molar-refractivity contribution in [1.29, 1.82) is 0 Å². The van der Waals surface area contributed by atoms with Crippen LogP contribution in [0.1, 0.15) is 5.69 Å². The normalized spacial score (nSPS) is 11.3. The fourth-order valence-electron chi connectivity index (χ4n) is 1.43. The van der Waals surface area contributed by atoms with Crippen molar-refractivity contribution in [3.63, 3.8) is 0 Å². The van der Waals surface area contributed by atoms with Gasteiger partial charge in [0, 0.05) is 18.0 Å². The highest BCUT2D eigenvalue weighted by Gasteiger charge is 1.98. The maximum atomic E-state index is 5.78. The third-order valence-electron chi connectivity index (χ3n) is 2.32. The number of ether oxygens (including phenoxy) is 1. The van der Waals surface area contributed by atoms with Crippen molar-refractivity contribution in [3.8, 4) is 5.75 Å². The minimum Gasteiger partial charge on any atom is -0.497 e. The van der Waals surface area contributed by atoms with Crippen molar-refractivity contribution in [2.75, 3.05) is 12.4 Å². The summed E-state index contributed by atoms with van der Waals surface area (Å²) in [4.78, 5) is 4.19. The minimum atomic E-state index is 0.345. The minimum absolute atomic E-state index is 0.345. The van der Waals surface area contributed by atoms with Gasteiger partial charge in [0.25, 0.3) is 0 Å². The number of benzene rings is 1. The zero-order valence-corrected chi connectivity index (χ0v) is 10.1. The molecule has 6 heteroatoms. The van der Waals surface area contributed by atoms with Gasteiger partial charge in [-0.15, -0.1) is 0 Å². The lowest BCUT2D eigenvalue weighted by Crippen LogP contribution is -2.22. The lowest BCUT2D eigenvalue weighted by molar-refractivity contribution is 0.415. The summed E-state index contributed by atoms with van der Waals surface area (Å²) in [6, 6.07) is 9.33. The Kier molecular flexibility index (Phi) is 3.80. The first kappa shape index (κ1) is 12.0. The number of anilines is 1. The first-order valence-electron chi connectivity index (χ1n) is 5.47. The largest absolute Gasteiger partial charge is 0.497 e. The summed E-state index contributed by atoms with van der Waals surface area (Å²) in [7, 11) is 1.62. The molecule has 0 aliphatic carbocycles. The van der Waals surface area contributed by atoms with Gasteiger partial charge >= 0.3 is 0 Å². The molecule has 1 heterocycles. The second kappa shape index (κ2) is 5.72. The number of aliphatic imine (C=N–C) groups is 1. The number of H-pyrrole nitrogens is 1. The van der Waals surface area contributed by atoms with Gasteiger partial charge in [0.1, 0.15) is 5.75 Å². The molecule has 0 saturated heterocycles. The molecule has 0 saturated carbocycles. The first-order chi connectivity index (χ1) is 8.78. The molecule has 4 N–H and O–H groups in total. The molecule has 2 rings (SSSR count). The van der Waals surface area contributed by atoms with Crippen LogP contribution in [0.15, 0.2) is 41.5 Å². The molecule has 0 aliphatic rings. The highest BCUT2D eigenvalue weighted by Crippen LogP contribution is 2.16. The number of rotatable bonds is 4. The topological polar surface area (TPSA) is 88.3 Å². The molecule has 0 amide bonds. The van der Waals surface area contributed by atoms with Crippen LogP contribution in [0, 0.1) is 0 Å². The number of aromatic amines is 1. The lowest BCUT2D eigenvalue weighted by Gasteiger charge is -2.06. The third kappa shape index (κ3) is 3.24. The number of aromatic nitrogens is 2. The molecular weight excluding hydrogens is 230 g/mol. The van der Waals surface area contributed by atoms with Gasteiger partial charge in [0.2, 0.25) is 0 Å². The van der Waals surface area contributed by atoms with Crippen LogP contribution in [0.5, 0.6) is 5.75 Å². The van der Waals surface area contributed by atoms with E-state index in [0.717, 1.165) is 17.1 Å². The Morgan fingerprint density at radius 2 is 2.39 bits per heavy atom. The molecule has 0 radical (unpaired) electrons. The van der Waals surface area contributed by atoms with E-state index in [4.69, 9.17) is 10.5 Å². The summed E-state index contributed by atoms with van der Waals surface area (Å²) < 4.78 is 5.12. The van der Waals surface area contributed by atoms with Crippen molar-refractivity contribution in [2.45, 2.75) is 6.54 Å². The number of nitrogens with one attached hydrogen (secondary N) is 2. The quantitative estimate of drug-likeness (QED) is 0.560. The smallest absolute Gasteiger partial charge is 0.193 e. The van der Waals surface area contributed by atoms with E-state index in [0.29, 0.717) is 12.5 Å². The Balaban J connectivity index is 1.97. The van der Waals surface area contributed by atoms with Crippen molar-refractivity contribution in [3.05, 3.63) is 42.2 Å². The number of methoxy groups -OCH3 is 1. The van der Waals surface area contributed by atoms with E-state index in [2.05, 4.69) is 20.5 Å². The van der Waals surface area contributed by atoms with Gasteiger partial charge in [-0.2, -0.15) is 5.10 Å². The predicted molar refractivity (Wildman–Crippen MR) is 70.5 cm³/mol. The average Bonchev–Trinajstić information content (AvgIpc) is 2.90. The van der Waals surface area contributed by atoms with E-state index in [1.54, 1.807) is 13.3 Å². The predicted octanol–water partition coefficient (Wildman–Crippen LogP) is 1.35. The molecule has 0 fully saturated rings. The summed E-state index contributed by atoms with van der Waals surface area (Å²) >= 11 is 0. The fourth-order valence-corrected chi connectivity index (χ4v) is 1.43. The highest BCUT2D eigenvalue weighted by atomic mass is 16.5. The first-order valence-corrected chi connectivity index (χ1v) is 5.47. The van der Waals surface area contributed by atoms with Gasteiger partial charge in [-0.25, -0.2) is 4.99 Å². The van der Waals surface area contributed by atoms with Crippen LogP contribution >= 0.6 is 0 Å². The van der Waals surface area contributed by atoms with Crippen LogP contribution in [0.3, 0.4) is 0 Å². The maximum Gasteiger partial charge on any atom is 0.193 e. The summed E-state index contributed by atoms with van der Waals surface area (Å²) in [5, 5.41) is 9.64. The Morgan fingerprint density at radius 3 is 3.11 bits per heavy atom. The van der Waals surface area contributed by atoms with Gasteiger partial charge < -0.3 is 15.8 Å². The molecule has 0 unspecified atom stereocenters. The molecule has 6 nitrogen and oxygen atoms in total. The molecule has 0 spiro atoms. The molecule has 1 aromatic heterocycles. The van der Waals surface area contributed by atoms with E-state index in [-0.39, 0.29) is 0 Å². The van der Waals surface area contributed by atoms with Gasteiger partial charge in [-0.3, -0.25) is 5.10 Å². The van der Waals surface area contributed by atoms with Gasteiger partial charge in [-0.1, -0.05) is 6.07 Å². The number of nitrogens with zero attached hydrogens (tertiary/aromatic N) is 2. The van der Waals surface area contributed by atoms with E-state index >= 15 is 0 Å². The van der Waals surface area contributed by atoms with Gasteiger partial charge in [0.15, 0.2) is 5.96 Å². The van der Waals surface area contributed by atoms with Crippen molar-refractivity contribution < 1.29 is 4.74 Å². The monoisotopic (exact) mass is 245 g/mol. The van der Waals surface area contributed by atoms with E-state index in [1.165, 1.54) is 0 Å². The summed E-state index contributed by atoms with van der Waals surface area (Å²) in [5.41, 5.74) is 7.52. The number of hydrogen-bond acceptors (Lipinski definition) is 3. The van der Waals surface area contributed by atoms with Crippen molar-refractivity contribution in [1.82, 2.24) is 10.2 Å². The van der Waals surface area contributed by atoms with Crippen LogP contribution in [-0.2, 0) is 6.54 Å². The zero-order valence-electron chi connectivity index (χ0n) is 10.1. The van der Waals surface area contributed by atoms with Crippen LogP contribution in [0.2, 0.25) is 0 Å². The molecule has 0 atom stereocenters. The van der Waals surface area contributed by atoms with Crippen molar-refractivity contribution >= 4 is 11.6 Å². The summed E-state index contributed by atoms with van der Waals surface area (Å²) in [5.74, 6) is 1.11. The molecule has 1 aromatic carbocycles. The third-order valence-corrected chi connectivity index (χ3v) is 2.32. The van der Waals surface area contributed by atoms with Crippen LogP contribution in [0.4, 0.5) is 5.69 Å². The summed E-state index contributed by atoms with van der Waals surface area (Å²) in [6.45, 7) is 0.461. The Hall–Kier alpha value is -2.50. The maximum absolute atomic E-state index is 5.78. The fraction of sp³-hybridized carbons (Fsp3) is 0.167. The second-order valence-corrected chi connectivity index (χ2v) is 3.64. The molecule has 2 aromatic rings. The highest BCUT2D eigenvalue weighted by molar-refractivity contribution is 5.92. The lowest BCUT2D eigenvalue weighted by atomic mass is 10.3. The van der Waals surface area contributed by atoms with Crippen LogP contribution in [-0.4, -0.2) is 23.3 Å². The van der Waals surface area contributed by atoms with Gasteiger partial charge in [0.05, 0.1) is 19.3 Å². The standard InChI is InChI=1S/C12H15N5O/c1-18-11-4-2-3-9(7-11)16-12(13)14-8-10-5-6-15-17-10/h2-7H,8H2,1H3,(H,15,17)(H3,13,14,16). The average molecular weight is 245 g/mol. The van der Waals surface area contributed by atoms with Crippen LogP contribution < -0.4 is 15.8 Å². The number of nitrogens with two attached hydrogens (primary N) is 1. The number of guanidine groups is 1. The second-order valence-electron chi connectivity index (χ2n) is 3.64. The Morgan fingerprint density at radius 1 is 1.50 bits per heavy atom. The molecular formula is C12H15N5O. The molecule has 0 aliphatic heterocycles. The summed E-state index contributed by atoms with van der Waals surface area (Å²) in [6.07, 6.45) is 1.68. The zero-order chi connectivity index (χ0) is 12.8. The van der Waals surface area contributed by atoms with Crippen molar-refractivity contribution in [2.24, 2.45) is 10.7 Å². The van der Waals surface area contributed by atoms with Crippen LogP contribution in [0.25, 0.3) is 0 Å². The SMILES string of the molecule is COc1cccc(NC(N)=NCc2ccn[nH]2)c1. The van der Waals surface area contributed by atoms with Gasteiger partial charge in [-0.05, 0) is 18.2 Å². The van der Waals surface area contributed by atoms with E-state index in [9.17, 15) is 0 Å². The van der Waals surface area contributed by atoms with E-state index in [1.807, 2.05) is 30.3 Å². The van der Waals surface area contributed by atoms with E-state index < -0.39 is 0 Å².